The molecule has 2 aromatic rings. The van der Waals surface area contributed by atoms with E-state index >= 15 is 0 Å². The van der Waals surface area contributed by atoms with Crippen molar-refractivity contribution < 1.29 is 9.59 Å². The first-order chi connectivity index (χ1) is 12.1. The quantitative estimate of drug-likeness (QED) is 0.302. The molecule has 0 radical (unpaired) electrons. The molecule has 0 atom stereocenters. The fourth-order valence-corrected chi connectivity index (χ4v) is 2.94. The molecular formula is C23H28O2. The van der Waals surface area contributed by atoms with Crippen molar-refractivity contribution in [3.63, 3.8) is 0 Å². The highest BCUT2D eigenvalue weighted by atomic mass is 16.1. The van der Waals surface area contributed by atoms with Crippen LogP contribution in [0.25, 0.3) is 11.1 Å². The van der Waals surface area contributed by atoms with Crippen molar-refractivity contribution in [2.75, 3.05) is 0 Å². The first-order valence-corrected chi connectivity index (χ1v) is 9.38. The lowest BCUT2D eigenvalue weighted by Gasteiger charge is -2.06. The Hall–Kier alpha value is -2.22. The van der Waals surface area contributed by atoms with Gasteiger partial charge in [0.15, 0.2) is 5.78 Å². The van der Waals surface area contributed by atoms with E-state index in [-0.39, 0.29) is 18.0 Å². The van der Waals surface area contributed by atoms with Crippen molar-refractivity contribution in [3.8, 4) is 11.1 Å². The van der Waals surface area contributed by atoms with E-state index in [1.807, 2.05) is 31.2 Å². The lowest BCUT2D eigenvalue weighted by molar-refractivity contribution is -0.118. The number of hydrogen-bond acceptors (Lipinski definition) is 2. The summed E-state index contributed by atoms with van der Waals surface area (Å²) in [6.45, 7) is 4.17. The normalized spacial score (nSPS) is 10.6. The van der Waals surface area contributed by atoms with E-state index in [1.54, 1.807) is 0 Å². The first kappa shape index (κ1) is 19.1. The maximum Gasteiger partial charge on any atom is 0.170 e. The average Bonchev–Trinajstić information content (AvgIpc) is 2.63. The number of aryl methyl sites for hydroxylation is 1. The van der Waals surface area contributed by atoms with Crippen LogP contribution in [0, 0.1) is 0 Å². The lowest BCUT2D eigenvalue weighted by atomic mass is 9.98. The van der Waals surface area contributed by atoms with Crippen molar-refractivity contribution in [2.45, 2.75) is 58.8 Å². The summed E-state index contributed by atoms with van der Waals surface area (Å²) in [5.74, 6) is -0.0634. The third kappa shape index (κ3) is 5.97. The van der Waals surface area contributed by atoms with Gasteiger partial charge < -0.3 is 0 Å². The predicted octanol–water partition coefficient (Wildman–Crippen LogP) is 6.03. The van der Waals surface area contributed by atoms with Gasteiger partial charge in [0, 0.05) is 12.0 Å². The number of rotatable bonds is 10. The summed E-state index contributed by atoms with van der Waals surface area (Å²) in [5.41, 5.74) is 4.24. The summed E-state index contributed by atoms with van der Waals surface area (Å²) in [5, 5.41) is 0. The van der Waals surface area contributed by atoms with Crippen molar-refractivity contribution in [3.05, 3.63) is 59.7 Å². The zero-order valence-electron chi connectivity index (χ0n) is 15.4. The molecule has 2 aromatic carbocycles. The van der Waals surface area contributed by atoms with Crippen LogP contribution in [0.4, 0.5) is 0 Å². The molecule has 0 unspecified atom stereocenters. The zero-order chi connectivity index (χ0) is 18.1. The van der Waals surface area contributed by atoms with E-state index in [2.05, 4.69) is 31.2 Å². The van der Waals surface area contributed by atoms with Crippen LogP contribution in [0.5, 0.6) is 0 Å². The summed E-state index contributed by atoms with van der Waals surface area (Å²) in [7, 11) is 0. The van der Waals surface area contributed by atoms with Crippen LogP contribution in [0.1, 0.15) is 68.3 Å². The number of carbonyl (C=O) groups is 2. The Labute approximate surface area is 151 Å². The molecule has 2 heteroatoms. The monoisotopic (exact) mass is 336 g/mol. The Morgan fingerprint density at radius 2 is 1.36 bits per heavy atom. The second-order valence-electron chi connectivity index (χ2n) is 6.62. The van der Waals surface area contributed by atoms with Gasteiger partial charge in [-0.25, -0.2) is 0 Å². The second kappa shape index (κ2) is 9.93. The molecule has 0 bridgehead atoms. The number of Topliss-reactive ketones (excluding diaryl/α,β-unsaturated/α-hetero) is 2. The molecule has 132 valence electrons. The minimum Gasteiger partial charge on any atom is -0.299 e. The van der Waals surface area contributed by atoms with Crippen LogP contribution >= 0.6 is 0 Å². The molecule has 25 heavy (non-hydrogen) atoms. The number of benzene rings is 2. The Kier molecular flexibility index (Phi) is 7.59. The standard InChI is InChI=1S/C23H28O2/c1-3-5-6-8-18-9-11-19(12-10-18)20-13-15-21(16-14-20)23(25)17-22(24)7-4-2/h9-16H,3-8,17H2,1-2H3. The molecule has 0 aliphatic rings. The van der Waals surface area contributed by atoms with Gasteiger partial charge in [-0.15, -0.1) is 0 Å². The molecule has 0 saturated carbocycles. The van der Waals surface area contributed by atoms with E-state index in [0.29, 0.717) is 12.0 Å². The summed E-state index contributed by atoms with van der Waals surface area (Å²) in [6.07, 6.45) is 6.18. The van der Waals surface area contributed by atoms with Gasteiger partial charge in [0.2, 0.25) is 0 Å². The van der Waals surface area contributed by atoms with Crippen molar-refractivity contribution in [1.82, 2.24) is 0 Å². The summed E-state index contributed by atoms with van der Waals surface area (Å²) in [6, 6.07) is 16.2. The van der Waals surface area contributed by atoms with Gasteiger partial charge in [-0.2, -0.15) is 0 Å². The van der Waals surface area contributed by atoms with Crippen LogP contribution in [0.3, 0.4) is 0 Å². The van der Waals surface area contributed by atoms with Gasteiger partial charge in [0.25, 0.3) is 0 Å². The van der Waals surface area contributed by atoms with Crippen LogP contribution in [-0.4, -0.2) is 11.6 Å². The van der Waals surface area contributed by atoms with Gasteiger partial charge in [0.05, 0.1) is 6.42 Å². The van der Waals surface area contributed by atoms with Gasteiger partial charge in [0.1, 0.15) is 5.78 Å². The van der Waals surface area contributed by atoms with Crippen LogP contribution in [0.2, 0.25) is 0 Å². The summed E-state index contributed by atoms with van der Waals surface area (Å²) >= 11 is 0. The highest BCUT2D eigenvalue weighted by Gasteiger charge is 2.11. The van der Waals surface area contributed by atoms with Crippen molar-refractivity contribution >= 4 is 11.6 Å². The van der Waals surface area contributed by atoms with Crippen LogP contribution in [0.15, 0.2) is 48.5 Å². The van der Waals surface area contributed by atoms with E-state index in [0.717, 1.165) is 24.0 Å². The topological polar surface area (TPSA) is 34.1 Å². The highest BCUT2D eigenvalue weighted by molar-refractivity contribution is 6.08. The molecule has 0 aliphatic carbocycles. The minimum absolute atomic E-state index is 0.0135. The third-order valence-corrected chi connectivity index (χ3v) is 4.45. The Balaban J connectivity index is 1.99. The SMILES string of the molecule is CCCCCc1ccc(-c2ccc(C(=O)CC(=O)CCC)cc2)cc1. The zero-order valence-corrected chi connectivity index (χ0v) is 15.4. The number of carbonyl (C=O) groups excluding carboxylic acids is 2. The molecule has 0 aromatic heterocycles. The smallest absolute Gasteiger partial charge is 0.170 e. The minimum atomic E-state index is -0.0868. The maximum absolute atomic E-state index is 12.1. The van der Waals surface area contributed by atoms with E-state index in [9.17, 15) is 9.59 Å². The Morgan fingerprint density at radius 3 is 1.92 bits per heavy atom. The molecule has 0 amide bonds. The van der Waals surface area contributed by atoms with Crippen molar-refractivity contribution in [1.29, 1.82) is 0 Å². The average molecular weight is 336 g/mol. The second-order valence-corrected chi connectivity index (χ2v) is 6.62. The fraction of sp³-hybridized carbons (Fsp3) is 0.391. The first-order valence-electron chi connectivity index (χ1n) is 9.38. The maximum atomic E-state index is 12.1. The third-order valence-electron chi connectivity index (χ3n) is 4.45. The molecule has 2 nitrogen and oxygen atoms in total. The molecule has 0 spiro atoms. The number of ketones is 2. The van der Waals surface area contributed by atoms with Crippen LogP contribution in [-0.2, 0) is 11.2 Å². The molecule has 0 fully saturated rings. The van der Waals surface area contributed by atoms with E-state index < -0.39 is 0 Å². The van der Waals surface area contributed by atoms with Crippen LogP contribution < -0.4 is 0 Å². The molecule has 0 heterocycles. The predicted molar refractivity (Wildman–Crippen MR) is 104 cm³/mol. The van der Waals surface area contributed by atoms with E-state index in [4.69, 9.17) is 0 Å². The van der Waals surface area contributed by atoms with Crippen molar-refractivity contribution in [2.24, 2.45) is 0 Å². The summed E-state index contributed by atoms with van der Waals surface area (Å²) < 4.78 is 0. The highest BCUT2D eigenvalue weighted by Crippen LogP contribution is 2.21. The largest absolute Gasteiger partial charge is 0.299 e. The molecular weight excluding hydrogens is 308 g/mol. The summed E-state index contributed by atoms with van der Waals surface area (Å²) in [4.78, 5) is 23.7. The van der Waals surface area contributed by atoms with Gasteiger partial charge in [-0.3, -0.25) is 9.59 Å². The molecule has 0 N–H and O–H groups in total. The van der Waals surface area contributed by atoms with Gasteiger partial charge >= 0.3 is 0 Å². The number of hydrogen-bond donors (Lipinski definition) is 0. The molecule has 0 saturated heterocycles. The fourth-order valence-electron chi connectivity index (χ4n) is 2.94. The van der Waals surface area contributed by atoms with E-state index in [1.165, 1.54) is 24.8 Å². The molecule has 0 aliphatic heterocycles. The Bertz CT molecular complexity index is 681. The Morgan fingerprint density at radius 1 is 0.760 bits per heavy atom. The molecule has 2 rings (SSSR count). The number of unbranched alkanes of at least 4 members (excludes halogenated alkanes) is 2. The lowest BCUT2D eigenvalue weighted by Crippen LogP contribution is -2.07. The van der Waals surface area contributed by atoms with Gasteiger partial charge in [-0.05, 0) is 36.0 Å². The van der Waals surface area contributed by atoms with Gasteiger partial charge in [-0.1, -0.05) is 75.2 Å².